The molecular formula is C17H22N2O6S. The molecule has 0 aromatic heterocycles. The molecule has 9 heteroatoms. The van der Waals surface area contributed by atoms with Crippen LogP contribution in [0.25, 0.3) is 0 Å². The van der Waals surface area contributed by atoms with Crippen molar-refractivity contribution in [3.8, 4) is 0 Å². The van der Waals surface area contributed by atoms with Gasteiger partial charge in [-0.1, -0.05) is 30.9 Å². The van der Waals surface area contributed by atoms with Gasteiger partial charge in [0.15, 0.2) is 0 Å². The van der Waals surface area contributed by atoms with Crippen LogP contribution >= 0.6 is 0 Å². The number of carbonyl (C=O) groups is 2. The number of likely N-dealkylation sites (N-methyl/N-ethyl adjacent to an activating group) is 1. The van der Waals surface area contributed by atoms with Crippen LogP contribution in [0.4, 0.5) is 4.79 Å². The fraction of sp³-hybridized carbons (Fsp3) is 0.412. The number of likely N-dealkylation sites (tertiary alicyclic amines) is 1. The highest BCUT2D eigenvalue weighted by molar-refractivity contribution is 7.86. The largest absolute Gasteiger partial charge is 0.445 e. The van der Waals surface area contributed by atoms with E-state index in [1.807, 2.05) is 0 Å². The van der Waals surface area contributed by atoms with E-state index < -0.39 is 28.4 Å². The first-order chi connectivity index (χ1) is 12.3. The van der Waals surface area contributed by atoms with E-state index in [1.165, 1.54) is 28.0 Å². The van der Waals surface area contributed by atoms with Crippen LogP contribution in [0, 0.1) is 0 Å². The van der Waals surface area contributed by atoms with Gasteiger partial charge in [-0.25, -0.2) is 4.79 Å². The molecule has 1 saturated heterocycles. The minimum atomic E-state index is -4.00. The van der Waals surface area contributed by atoms with E-state index >= 15 is 0 Å². The van der Waals surface area contributed by atoms with Gasteiger partial charge in [-0.15, -0.1) is 0 Å². The summed E-state index contributed by atoms with van der Waals surface area (Å²) in [5.41, 5.74) is 0. The van der Waals surface area contributed by atoms with Gasteiger partial charge in [0, 0.05) is 20.5 Å². The number of hydrogen-bond acceptors (Lipinski definition) is 6. The number of ether oxygens (including phenoxy) is 1. The Morgan fingerprint density at radius 1 is 1.31 bits per heavy atom. The first-order valence-corrected chi connectivity index (χ1v) is 9.41. The van der Waals surface area contributed by atoms with Gasteiger partial charge in [-0.3, -0.25) is 13.9 Å². The lowest BCUT2D eigenvalue weighted by molar-refractivity contribution is -0.133. The Morgan fingerprint density at radius 3 is 2.54 bits per heavy atom. The number of rotatable bonds is 6. The van der Waals surface area contributed by atoms with Gasteiger partial charge in [0.05, 0.1) is 17.5 Å². The summed E-state index contributed by atoms with van der Waals surface area (Å²) >= 11 is 0. The molecule has 1 aliphatic rings. The Kier molecular flexibility index (Phi) is 6.38. The van der Waals surface area contributed by atoms with Crippen LogP contribution in [0.1, 0.15) is 6.42 Å². The third-order valence-corrected chi connectivity index (χ3v) is 5.22. The summed E-state index contributed by atoms with van der Waals surface area (Å²) in [6, 6.07) is 6.85. The molecule has 0 bridgehead atoms. The molecule has 1 aromatic carbocycles. The molecule has 1 heterocycles. The molecule has 0 N–H and O–H groups in total. The van der Waals surface area contributed by atoms with Gasteiger partial charge in [-0.2, -0.15) is 8.42 Å². The van der Waals surface area contributed by atoms with Crippen LogP contribution in [-0.4, -0.2) is 69.6 Å². The molecule has 1 fully saturated rings. The minimum absolute atomic E-state index is 0.00789. The number of carbonyl (C=O) groups excluding carboxylic acids is 2. The summed E-state index contributed by atoms with van der Waals surface area (Å²) in [4.78, 5) is 27.1. The van der Waals surface area contributed by atoms with Crippen molar-refractivity contribution in [1.82, 2.24) is 9.80 Å². The summed E-state index contributed by atoms with van der Waals surface area (Å²) in [7, 11) is -0.879. The maximum atomic E-state index is 12.4. The van der Waals surface area contributed by atoms with E-state index in [9.17, 15) is 18.0 Å². The number of amides is 2. The third kappa shape index (κ3) is 4.61. The molecule has 0 unspecified atom stereocenters. The number of nitrogens with zero attached hydrogens (tertiary/aromatic N) is 2. The minimum Gasteiger partial charge on any atom is -0.445 e. The Balaban J connectivity index is 2.17. The zero-order valence-electron chi connectivity index (χ0n) is 14.7. The van der Waals surface area contributed by atoms with Crippen molar-refractivity contribution in [3.63, 3.8) is 0 Å². The van der Waals surface area contributed by atoms with Crippen LogP contribution in [0.5, 0.6) is 0 Å². The predicted octanol–water partition coefficient (Wildman–Crippen LogP) is 1.25. The molecule has 8 nitrogen and oxygen atoms in total. The van der Waals surface area contributed by atoms with Crippen LogP contribution < -0.4 is 0 Å². The Labute approximate surface area is 153 Å². The molecule has 2 rings (SSSR count). The van der Waals surface area contributed by atoms with Crippen molar-refractivity contribution in [2.24, 2.45) is 0 Å². The topological polar surface area (TPSA) is 93.2 Å². The van der Waals surface area contributed by atoms with Gasteiger partial charge in [0.2, 0.25) is 5.91 Å². The van der Waals surface area contributed by atoms with Crippen LogP contribution in [0.2, 0.25) is 0 Å². The highest BCUT2D eigenvalue weighted by Crippen LogP contribution is 2.26. The highest BCUT2D eigenvalue weighted by atomic mass is 32.2. The maximum Gasteiger partial charge on any atom is 0.410 e. The second-order valence-electron chi connectivity index (χ2n) is 5.99. The molecule has 26 heavy (non-hydrogen) atoms. The average Bonchev–Trinajstić information content (AvgIpc) is 3.02. The second kappa shape index (κ2) is 8.33. The second-order valence-corrected chi connectivity index (χ2v) is 7.56. The summed E-state index contributed by atoms with van der Waals surface area (Å²) in [6.07, 6.45) is -0.0877. The summed E-state index contributed by atoms with van der Waals surface area (Å²) in [6.45, 7) is 3.39. The van der Waals surface area contributed by atoms with Crippen LogP contribution in [0.15, 0.2) is 47.9 Å². The van der Waals surface area contributed by atoms with Crippen molar-refractivity contribution in [2.45, 2.75) is 23.5 Å². The normalized spacial score (nSPS) is 19.8. The number of benzene rings is 1. The Hall–Kier alpha value is -2.39. The van der Waals surface area contributed by atoms with E-state index in [0.29, 0.717) is 0 Å². The highest BCUT2D eigenvalue weighted by Gasteiger charge is 2.43. The van der Waals surface area contributed by atoms with Crippen molar-refractivity contribution < 1.29 is 26.9 Å². The van der Waals surface area contributed by atoms with Gasteiger partial charge in [-0.05, 0) is 12.1 Å². The lowest BCUT2D eigenvalue weighted by Gasteiger charge is -2.24. The smallest absolute Gasteiger partial charge is 0.410 e. The van der Waals surface area contributed by atoms with E-state index in [0.717, 1.165) is 0 Å². The first-order valence-electron chi connectivity index (χ1n) is 8.00. The van der Waals surface area contributed by atoms with Gasteiger partial charge < -0.3 is 9.64 Å². The Bertz CT molecular complexity index is 763. The number of hydrogen-bond donors (Lipinski definition) is 0. The standard InChI is InChI=1S/C17H22N2O6S/c1-4-10-24-17(21)19-12-13(11-15(19)16(20)18(2)3)25-26(22,23)14-8-6-5-7-9-14/h4-9,13,15H,1,10-12H2,2-3H3/t13-,15+/m1/s1. The predicted molar refractivity (Wildman–Crippen MR) is 93.9 cm³/mol. The third-order valence-electron chi connectivity index (χ3n) is 3.84. The monoisotopic (exact) mass is 382 g/mol. The molecule has 142 valence electrons. The van der Waals surface area contributed by atoms with Gasteiger partial charge in [0.1, 0.15) is 12.6 Å². The fourth-order valence-corrected chi connectivity index (χ4v) is 3.74. The summed E-state index contributed by atoms with van der Waals surface area (Å²) < 4.78 is 35.0. The molecular weight excluding hydrogens is 360 g/mol. The Morgan fingerprint density at radius 2 is 1.96 bits per heavy atom. The first kappa shape index (κ1) is 19.9. The van der Waals surface area contributed by atoms with E-state index in [-0.39, 0.29) is 30.4 Å². The summed E-state index contributed by atoms with van der Waals surface area (Å²) in [5, 5.41) is 0. The van der Waals surface area contributed by atoms with Gasteiger partial charge in [0.25, 0.3) is 10.1 Å². The lowest BCUT2D eigenvalue weighted by atomic mass is 10.2. The molecule has 0 aliphatic carbocycles. The molecule has 1 aromatic rings. The molecule has 0 radical (unpaired) electrons. The fourth-order valence-electron chi connectivity index (χ4n) is 2.64. The average molecular weight is 382 g/mol. The van der Waals surface area contributed by atoms with Crippen molar-refractivity contribution in [2.75, 3.05) is 27.2 Å². The van der Waals surface area contributed by atoms with Crippen LogP contribution in [-0.2, 0) is 23.8 Å². The van der Waals surface area contributed by atoms with Crippen molar-refractivity contribution in [1.29, 1.82) is 0 Å². The van der Waals surface area contributed by atoms with Crippen molar-refractivity contribution >= 4 is 22.1 Å². The molecule has 0 saturated carbocycles. The van der Waals surface area contributed by atoms with E-state index in [4.69, 9.17) is 8.92 Å². The van der Waals surface area contributed by atoms with Crippen molar-refractivity contribution in [3.05, 3.63) is 43.0 Å². The molecule has 0 spiro atoms. The quantitative estimate of drug-likeness (QED) is 0.543. The maximum absolute atomic E-state index is 12.4. The van der Waals surface area contributed by atoms with Gasteiger partial charge >= 0.3 is 6.09 Å². The lowest BCUT2D eigenvalue weighted by Crippen LogP contribution is -2.45. The molecule has 2 amide bonds. The zero-order chi connectivity index (χ0) is 19.3. The molecule has 2 atom stereocenters. The SMILES string of the molecule is C=CCOC(=O)N1C[C@H](OS(=O)(=O)c2ccccc2)C[C@H]1C(=O)N(C)C. The molecule has 1 aliphatic heterocycles. The van der Waals surface area contributed by atoms with Crippen LogP contribution in [0.3, 0.4) is 0 Å². The zero-order valence-corrected chi connectivity index (χ0v) is 15.5. The summed E-state index contributed by atoms with van der Waals surface area (Å²) in [5.74, 6) is -0.330. The van der Waals surface area contributed by atoms with E-state index in [2.05, 4.69) is 6.58 Å². The van der Waals surface area contributed by atoms with E-state index in [1.54, 1.807) is 32.3 Å².